The molecule has 1 aliphatic heterocycles. The van der Waals surface area contributed by atoms with Crippen molar-refractivity contribution in [1.29, 1.82) is 0 Å². The van der Waals surface area contributed by atoms with Gasteiger partial charge in [0.15, 0.2) is 0 Å². The molecule has 0 aromatic heterocycles. The highest BCUT2D eigenvalue weighted by atomic mass is 32.2. The molecule has 0 atom stereocenters. The van der Waals surface area contributed by atoms with Gasteiger partial charge in [-0.2, -0.15) is 11.8 Å². The highest BCUT2D eigenvalue weighted by Crippen LogP contribution is 2.21. The molecule has 72 valence electrons. The molecule has 1 fully saturated rings. The van der Waals surface area contributed by atoms with E-state index in [4.69, 9.17) is 0 Å². The molecule has 1 saturated heterocycles. The normalized spacial score (nSPS) is 21.5. The maximum Gasteiger partial charge on any atom is -0.00162 e. The number of likely N-dealkylation sites (tertiary alicyclic amines) is 1. The van der Waals surface area contributed by atoms with Crippen LogP contribution in [0.3, 0.4) is 0 Å². The first-order chi connectivity index (χ1) is 5.86. The molecular weight excluding hydrogens is 166 g/mol. The molecule has 0 aliphatic carbocycles. The third-order valence-corrected chi connectivity index (χ3v) is 3.53. The first-order valence-electron chi connectivity index (χ1n) is 5.08. The van der Waals surface area contributed by atoms with Gasteiger partial charge in [-0.15, -0.1) is 0 Å². The average Bonchev–Trinajstić information content (AvgIpc) is 2.15. The summed E-state index contributed by atoms with van der Waals surface area (Å²) < 4.78 is 0. The highest BCUT2D eigenvalue weighted by molar-refractivity contribution is 7.98. The number of hydrogen-bond donors (Lipinski definition) is 0. The lowest BCUT2D eigenvalue weighted by molar-refractivity contribution is 0.190. The van der Waals surface area contributed by atoms with Crippen LogP contribution >= 0.6 is 11.8 Å². The van der Waals surface area contributed by atoms with Crippen LogP contribution in [0.2, 0.25) is 0 Å². The summed E-state index contributed by atoms with van der Waals surface area (Å²) in [7, 11) is 0. The lowest BCUT2D eigenvalue weighted by Gasteiger charge is -2.30. The summed E-state index contributed by atoms with van der Waals surface area (Å²) in [5.41, 5.74) is 0. The molecule has 1 heterocycles. The van der Waals surface area contributed by atoms with E-state index in [0.717, 1.165) is 5.92 Å². The Balaban J connectivity index is 2.09. The Morgan fingerprint density at radius 1 is 1.33 bits per heavy atom. The highest BCUT2D eigenvalue weighted by Gasteiger charge is 2.16. The van der Waals surface area contributed by atoms with Gasteiger partial charge in [-0.05, 0) is 56.8 Å². The summed E-state index contributed by atoms with van der Waals surface area (Å²) >= 11 is 1.99. The molecule has 1 rings (SSSR count). The lowest BCUT2D eigenvalue weighted by Crippen LogP contribution is -2.33. The van der Waals surface area contributed by atoms with Crippen molar-refractivity contribution in [3.63, 3.8) is 0 Å². The van der Waals surface area contributed by atoms with Crippen molar-refractivity contribution in [3.05, 3.63) is 0 Å². The number of nitrogens with zero attached hydrogens (tertiary/aromatic N) is 1. The minimum absolute atomic E-state index is 1.03. The predicted molar refractivity (Wildman–Crippen MR) is 57.8 cm³/mol. The molecule has 0 N–H and O–H groups in total. The van der Waals surface area contributed by atoms with E-state index in [0.29, 0.717) is 0 Å². The van der Waals surface area contributed by atoms with Gasteiger partial charge in [0.1, 0.15) is 0 Å². The van der Waals surface area contributed by atoms with E-state index in [2.05, 4.69) is 18.1 Å². The molecule has 12 heavy (non-hydrogen) atoms. The standard InChI is InChI=1S/C10H21NS/c1-3-11-7-4-10(5-8-11)6-9-12-2/h10H,3-9H2,1-2H3. The topological polar surface area (TPSA) is 3.24 Å². The van der Waals surface area contributed by atoms with Crippen molar-refractivity contribution in [2.75, 3.05) is 31.6 Å². The van der Waals surface area contributed by atoms with Crippen LogP contribution in [-0.4, -0.2) is 36.5 Å². The zero-order chi connectivity index (χ0) is 8.81. The van der Waals surface area contributed by atoms with Crippen molar-refractivity contribution in [1.82, 2.24) is 4.90 Å². The summed E-state index contributed by atoms with van der Waals surface area (Å²) in [6.07, 6.45) is 6.53. The van der Waals surface area contributed by atoms with Crippen molar-refractivity contribution in [2.24, 2.45) is 5.92 Å². The monoisotopic (exact) mass is 187 g/mol. The summed E-state index contributed by atoms with van der Waals surface area (Å²) in [6, 6.07) is 0. The second-order valence-corrected chi connectivity index (χ2v) is 4.64. The van der Waals surface area contributed by atoms with Crippen LogP contribution in [0.15, 0.2) is 0 Å². The molecular formula is C10H21NS. The number of thioether (sulfide) groups is 1. The first-order valence-corrected chi connectivity index (χ1v) is 6.47. The summed E-state index contributed by atoms with van der Waals surface area (Å²) in [6.45, 7) is 6.20. The third-order valence-electron chi connectivity index (χ3n) is 2.88. The maximum atomic E-state index is 2.57. The molecule has 1 nitrogen and oxygen atoms in total. The van der Waals surface area contributed by atoms with Gasteiger partial charge in [0.25, 0.3) is 0 Å². The molecule has 2 heteroatoms. The SMILES string of the molecule is CCN1CCC(CCSC)CC1. The molecule has 0 aromatic rings. The molecule has 0 bridgehead atoms. The Bertz CT molecular complexity index is 108. The molecule has 1 aliphatic rings. The molecule has 0 spiro atoms. The predicted octanol–water partition coefficient (Wildman–Crippen LogP) is 2.47. The van der Waals surface area contributed by atoms with Gasteiger partial charge in [-0.25, -0.2) is 0 Å². The number of piperidine rings is 1. The van der Waals surface area contributed by atoms with E-state index in [9.17, 15) is 0 Å². The minimum atomic E-state index is 1.03. The van der Waals surface area contributed by atoms with Crippen LogP contribution in [0.4, 0.5) is 0 Å². The van der Waals surface area contributed by atoms with Gasteiger partial charge < -0.3 is 4.90 Å². The Morgan fingerprint density at radius 2 is 2.00 bits per heavy atom. The van der Waals surface area contributed by atoms with Gasteiger partial charge in [0, 0.05) is 0 Å². The van der Waals surface area contributed by atoms with Crippen molar-refractivity contribution >= 4 is 11.8 Å². The van der Waals surface area contributed by atoms with E-state index in [1.54, 1.807) is 0 Å². The molecule has 0 unspecified atom stereocenters. The van der Waals surface area contributed by atoms with Crippen LogP contribution in [-0.2, 0) is 0 Å². The zero-order valence-electron chi connectivity index (χ0n) is 8.38. The fourth-order valence-corrected chi connectivity index (χ4v) is 2.44. The van der Waals surface area contributed by atoms with E-state index < -0.39 is 0 Å². The Hall–Kier alpha value is 0.310. The molecule has 0 saturated carbocycles. The second kappa shape index (κ2) is 5.87. The second-order valence-electron chi connectivity index (χ2n) is 3.66. The Labute approximate surface area is 80.9 Å². The first kappa shape index (κ1) is 10.4. The van der Waals surface area contributed by atoms with Crippen LogP contribution in [0.5, 0.6) is 0 Å². The van der Waals surface area contributed by atoms with Gasteiger partial charge in [-0.3, -0.25) is 0 Å². The number of hydrogen-bond acceptors (Lipinski definition) is 2. The zero-order valence-corrected chi connectivity index (χ0v) is 9.20. The fourth-order valence-electron chi connectivity index (χ4n) is 1.88. The van der Waals surface area contributed by atoms with Crippen molar-refractivity contribution in [2.45, 2.75) is 26.2 Å². The summed E-state index contributed by atoms with van der Waals surface area (Å²) in [4.78, 5) is 2.57. The van der Waals surface area contributed by atoms with Gasteiger partial charge in [0.05, 0.1) is 0 Å². The van der Waals surface area contributed by atoms with Gasteiger partial charge in [-0.1, -0.05) is 6.92 Å². The summed E-state index contributed by atoms with van der Waals surface area (Å²) in [5.74, 6) is 2.39. The minimum Gasteiger partial charge on any atom is -0.304 e. The van der Waals surface area contributed by atoms with Crippen LogP contribution in [0.25, 0.3) is 0 Å². The fraction of sp³-hybridized carbons (Fsp3) is 1.00. The van der Waals surface area contributed by atoms with E-state index in [-0.39, 0.29) is 0 Å². The lowest BCUT2D eigenvalue weighted by atomic mass is 9.94. The Morgan fingerprint density at radius 3 is 2.50 bits per heavy atom. The average molecular weight is 187 g/mol. The van der Waals surface area contributed by atoms with Gasteiger partial charge in [0.2, 0.25) is 0 Å². The van der Waals surface area contributed by atoms with Crippen LogP contribution in [0, 0.1) is 5.92 Å². The van der Waals surface area contributed by atoms with Crippen molar-refractivity contribution in [3.8, 4) is 0 Å². The van der Waals surface area contributed by atoms with E-state index in [1.807, 2.05) is 11.8 Å². The maximum absolute atomic E-state index is 2.57. The van der Waals surface area contributed by atoms with Crippen molar-refractivity contribution < 1.29 is 0 Å². The largest absolute Gasteiger partial charge is 0.304 e. The molecule has 0 amide bonds. The van der Waals surface area contributed by atoms with Crippen LogP contribution in [0.1, 0.15) is 26.2 Å². The smallest absolute Gasteiger partial charge is 0.00162 e. The number of rotatable bonds is 4. The van der Waals surface area contributed by atoms with Crippen LogP contribution < -0.4 is 0 Å². The molecule has 0 radical (unpaired) electrons. The summed E-state index contributed by atoms with van der Waals surface area (Å²) in [5, 5.41) is 0. The quantitative estimate of drug-likeness (QED) is 0.665. The van der Waals surface area contributed by atoms with Gasteiger partial charge >= 0.3 is 0 Å². The van der Waals surface area contributed by atoms with E-state index >= 15 is 0 Å². The Kier molecular flexibility index (Phi) is 5.08. The third kappa shape index (κ3) is 3.36. The molecule has 0 aromatic carbocycles. The van der Waals surface area contributed by atoms with E-state index in [1.165, 1.54) is 44.6 Å².